The van der Waals surface area contributed by atoms with E-state index in [9.17, 15) is 9.59 Å². The smallest absolute Gasteiger partial charge is 0.337 e. The van der Waals surface area contributed by atoms with E-state index in [1.807, 2.05) is 54.2 Å². The lowest BCUT2D eigenvalue weighted by Gasteiger charge is -2.20. The quantitative estimate of drug-likeness (QED) is 0.669. The van der Waals surface area contributed by atoms with Crippen molar-refractivity contribution < 1.29 is 14.3 Å². The third-order valence-corrected chi connectivity index (χ3v) is 4.38. The van der Waals surface area contributed by atoms with Gasteiger partial charge in [-0.2, -0.15) is 0 Å². The molecular weight excluding hydrogens is 340 g/mol. The van der Waals surface area contributed by atoms with Crippen molar-refractivity contribution in [2.75, 3.05) is 12.4 Å². The van der Waals surface area contributed by atoms with Crippen LogP contribution in [0.25, 0.3) is 0 Å². The number of carbonyl (C=O) groups excluding carboxylic acids is 2. The zero-order valence-corrected chi connectivity index (χ0v) is 15.4. The Morgan fingerprint density at radius 2 is 1.74 bits per heavy atom. The number of aryl methyl sites for hydroxylation is 1. The maximum absolute atomic E-state index is 12.6. The van der Waals surface area contributed by atoms with E-state index in [-0.39, 0.29) is 11.9 Å². The summed E-state index contributed by atoms with van der Waals surface area (Å²) in [7, 11) is 1.34. The number of amides is 1. The maximum atomic E-state index is 12.6. The monoisotopic (exact) mass is 362 g/mol. The van der Waals surface area contributed by atoms with Crippen LogP contribution in [0.4, 0.5) is 5.69 Å². The number of aromatic nitrogens is 1. The Morgan fingerprint density at radius 1 is 1.04 bits per heavy atom. The number of carbonyl (C=O) groups is 2. The predicted octanol–water partition coefficient (Wildman–Crippen LogP) is 4.20. The minimum Gasteiger partial charge on any atom is -0.465 e. The standard InChI is InChI=1S/C22H22N2O3/c1-16-6-5-7-18(14-16)20(24-12-3-4-13-24)15-21(25)23-19-10-8-17(9-11-19)22(26)27-2/h3-14,20H,15H2,1-2H3,(H,23,25). The largest absolute Gasteiger partial charge is 0.465 e. The average Bonchev–Trinajstić information content (AvgIpc) is 3.20. The van der Waals surface area contributed by atoms with E-state index in [1.165, 1.54) is 7.11 Å². The molecule has 0 aliphatic heterocycles. The molecule has 0 radical (unpaired) electrons. The van der Waals surface area contributed by atoms with E-state index in [2.05, 4.69) is 16.1 Å². The van der Waals surface area contributed by atoms with Gasteiger partial charge in [-0.05, 0) is 48.9 Å². The number of esters is 1. The summed E-state index contributed by atoms with van der Waals surface area (Å²) >= 11 is 0. The highest BCUT2D eigenvalue weighted by molar-refractivity contribution is 5.93. The van der Waals surface area contributed by atoms with Crippen molar-refractivity contribution in [2.45, 2.75) is 19.4 Å². The van der Waals surface area contributed by atoms with E-state index in [0.29, 0.717) is 17.7 Å². The summed E-state index contributed by atoms with van der Waals surface area (Å²) in [4.78, 5) is 24.1. The minimum atomic E-state index is -0.403. The van der Waals surface area contributed by atoms with Crippen molar-refractivity contribution in [2.24, 2.45) is 0 Å². The molecule has 0 spiro atoms. The van der Waals surface area contributed by atoms with Crippen LogP contribution in [0, 0.1) is 6.92 Å². The van der Waals surface area contributed by atoms with Gasteiger partial charge in [-0.15, -0.1) is 0 Å². The lowest BCUT2D eigenvalue weighted by molar-refractivity contribution is -0.116. The normalized spacial score (nSPS) is 11.6. The first kappa shape index (κ1) is 18.5. The number of ether oxygens (including phenoxy) is 1. The Kier molecular flexibility index (Phi) is 5.71. The molecule has 0 fully saturated rings. The van der Waals surface area contributed by atoms with Crippen molar-refractivity contribution >= 4 is 17.6 Å². The van der Waals surface area contributed by atoms with Crippen LogP contribution in [0.1, 0.15) is 33.9 Å². The molecule has 1 amide bonds. The van der Waals surface area contributed by atoms with E-state index in [1.54, 1.807) is 24.3 Å². The molecule has 5 nitrogen and oxygen atoms in total. The summed E-state index contributed by atoms with van der Waals surface area (Å²) in [6.45, 7) is 2.04. The van der Waals surface area contributed by atoms with Crippen LogP contribution >= 0.6 is 0 Å². The summed E-state index contributed by atoms with van der Waals surface area (Å²) in [5.41, 5.74) is 3.33. The number of rotatable bonds is 6. The number of hydrogen-bond donors (Lipinski definition) is 1. The van der Waals surface area contributed by atoms with Crippen molar-refractivity contribution in [3.63, 3.8) is 0 Å². The fourth-order valence-corrected chi connectivity index (χ4v) is 3.02. The molecule has 0 aliphatic carbocycles. The molecule has 0 aliphatic rings. The molecule has 2 aromatic carbocycles. The third kappa shape index (κ3) is 4.64. The Bertz CT molecular complexity index is 915. The van der Waals surface area contributed by atoms with Gasteiger partial charge in [-0.1, -0.05) is 29.8 Å². The SMILES string of the molecule is COC(=O)c1ccc(NC(=O)CC(c2cccc(C)c2)n2cccc2)cc1. The lowest BCUT2D eigenvalue weighted by atomic mass is 10.0. The van der Waals surface area contributed by atoms with Crippen molar-refractivity contribution in [3.05, 3.63) is 89.7 Å². The summed E-state index contributed by atoms with van der Waals surface area (Å²) in [6, 6.07) is 18.6. The van der Waals surface area contributed by atoms with Crippen molar-refractivity contribution in [3.8, 4) is 0 Å². The first-order chi connectivity index (χ1) is 13.1. The number of benzene rings is 2. The summed E-state index contributed by atoms with van der Waals surface area (Å²) in [6.07, 6.45) is 4.23. The fourth-order valence-electron chi connectivity index (χ4n) is 3.02. The van der Waals surface area contributed by atoms with Gasteiger partial charge in [-0.25, -0.2) is 4.79 Å². The van der Waals surface area contributed by atoms with Crippen LogP contribution in [-0.2, 0) is 9.53 Å². The topological polar surface area (TPSA) is 60.3 Å². The zero-order valence-electron chi connectivity index (χ0n) is 15.4. The van der Waals surface area contributed by atoms with Gasteiger partial charge < -0.3 is 14.6 Å². The van der Waals surface area contributed by atoms with Gasteiger partial charge in [-0.3, -0.25) is 4.79 Å². The van der Waals surface area contributed by atoms with Gasteiger partial charge in [0.1, 0.15) is 0 Å². The highest BCUT2D eigenvalue weighted by Crippen LogP contribution is 2.24. The molecule has 0 saturated heterocycles. The second-order valence-electron chi connectivity index (χ2n) is 6.38. The molecule has 1 unspecified atom stereocenters. The number of methoxy groups -OCH3 is 1. The van der Waals surface area contributed by atoms with E-state index >= 15 is 0 Å². The van der Waals surface area contributed by atoms with Gasteiger partial charge in [0.05, 0.1) is 25.1 Å². The number of hydrogen-bond acceptors (Lipinski definition) is 3. The van der Waals surface area contributed by atoms with Gasteiger partial charge in [0.2, 0.25) is 5.91 Å². The van der Waals surface area contributed by atoms with Gasteiger partial charge in [0, 0.05) is 18.1 Å². The molecule has 0 saturated carbocycles. The van der Waals surface area contributed by atoms with Crippen LogP contribution in [0.15, 0.2) is 73.1 Å². The van der Waals surface area contributed by atoms with Crippen LogP contribution in [-0.4, -0.2) is 23.6 Å². The van der Waals surface area contributed by atoms with Crippen molar-refractivity contribution in [1.29, 1.82) is 0 Å². The second-order valence-corrected chi connectivity index (χ2v) is 6.38. The van der Waals surface area contributed by atoms with Gasteiger partial charge in [0.25, 0.3) is 0 Å². The zero-order chi connectivity index (χ0) is 19.2. The first-order valence-corrected chi connectivity index (χ1v) is 8.74. The second kappa shape index (κ2) is 8.36. The summed E-state index contributed by atoms with van der Waals surface area (Å²) in [5, 5.41) is 2.90. The van der Waals surface area contributed by atoms with Crippen LogP contribution in [0.2, 0.25) is 0 Å². The summed E-state index contributed by atoms with van der Waals surface area (Å²) < 4.78 is 6.72. The minimum absolute atomic E-state index is 0.0887. The van der Waals surface area contributed by atoms with Gasteiger partial charge in [0.15, 0.2) is 0 Å². The van der Waals surface area contributed by atoms with E-state index in [0.717, 1.165) is 11.1 Å². The average molecular weight is 362 g/mol. The predicted molar refractivity (Wildman–Crippen MR) is 105 cm³/mol. The van der Waals surface area contributed by atoms with Crippen LogP contribution in [0.3, 0.4) is 0 Å². The molecule has 3 rings (SSSR count). The number of nitrogens with one attached hydrogen (secondary N) is 1. The number of anilines is 1. The Hall–Kier alpha value is -3.34. The van der Waals surface area contributed by atoms with Gasteiger partial charge >= 0.3 is 5.97 Å². The molecule has 1 aromatic heterocycles. The molecule has 1 heterocycles. The molecule has 1 N–H and O–H groups in total. The Labute approximate surface area is 158 Å². The molecule has 0 bridgehead atoms. The highest BCUT2D eigenvalue weighted by atomic mass is 16.5. The van der Waals surface area contributed by atoms with Crippen LogP contribution in [0.5, 0.6) is 0 Å². The van der Waals surface area contributed by atoms with Crippen LogP contribution < -0.4 is 5.32 Å². The molecule has 5 heteroatoms. The third-order valence-electron chi connectivity index (χ3n) is 4.38. The molecule has 138 valence electrons. The molecular formula is C22H22N2O3. The maximum Gasteiger partial charge on any atom is 0.337 e. The molecule has 3 aromatic rings. The Balaban J connectivity index is 1.74. The molecule has 1 atom stereocenters. The molecule has 27 heavy (non-hydrogen) atoms. The van der Waals surface area contributed by atoms with Crippen molar-refractivity contribution in [1.82, 2.24) is 4.57 Å². The van der Waals surface area contributed by atoms with E-state index in [4.69, 9.17) is 0 Å². The lowest BCUT2D eigenvalue weighted by Crippen LogP contribution is -2.19. The van der Waals surface area contributed by atoms with E-state index < -0.39 is 5.97 Å². The fraction of sp³-hybridized carbons (Fsp3) is 0.182. The first-order valence-electron chi connectivity index (χ1n) is 8.74. The summed E-state index contributed by atoms with van der Waals surface area (Å²) in [5.74, 6) is -0.499. The highest BCUT2D eigenvalue weighted by Gasteiger charge is 2.18. The number of nitrogens with zero attached hydrogens (tertiary/aromatic N) is 1. The Morgan fingerprint density at radius 3 is 2.37 bits per heavy atom.